The molecule has 2 aliphatic rings. The number of nitro benzene ring substituents is 1. The number of fused-ring (bicyclic) bond motifs is 1. The third-order valence-corrected chi connectivity index (χ3v) is 5.51. The van der Waals surface area contributed by atoms with Gasteiger partial charge in [-0.05, 0) is 55.4 Å². The summed E-state index contributed by atoms with van der Waals surface area (Å²) in [5, 5.41) is 26.6. The highest BCUT2D eigenvalue weighted by atomic mass is 32.2. The molecule has 1 aromatic carbocycles. The second-order valence-corrected chi connectivity index (χ2v) is 7.48. The van der Waals surface area contributed by atoms with Crippen LogP contribution in [0.15, 0.2) is 50.4 Å². The molecule has 0 spiro atoms. The number of amides is 1. The maximum Gasteiger partial charge on any atom is 0.284 e. The molecule has 0 aliphatic carbocycles. The highest BCUT2D eigenvalue weighted by Crippen LogP contribution is 2.35. The summed E-state index contributed by atoms with van der Waals surface area (Å²) in [5.41, 5.74) is 0.134. The van der Waals surface area contributed by atoms with Gasteiger partial charge < -0.3 is 9.15 Å². The van der Waals surface area contributed by atoms with Gasteiger partial charge in [0.1, 0.15) is 22.3 Å². The number of carbonyl (C=O) groups excluding carboxylic acids is 1. The molecule has 0 atom stereocenters. The van der Waals surface area contributed by atoms with E-state index < -0.39 is 10.8 Å². The Kier molecular flexibility index (Phi) is 5.42. The molecule has 0 bridgehead atoms. The number of benzene rings is 1. The molecule has 2 aromatic rings. The molecule has 0 radical (unpaired) electrons. The van der Waals surface area contributed by atoms with Crippen LogP contribution in [-0.4, -0.2) is 38.5 Å². The third kappa shape index (κ3) is 3.87. The second-order valence-electron chi connectivity index (χ2n) is 6.44. The van der Waals surface area contributed by atoms with Crippen LogP contribution in [0.1, 0.15) is 26.0 Å². The van der Waals surface area contributed by atoms with Crippen LogP contribution in [0.4, 0.5) is 5.69 Å². The fourth-order valence-corrected chi connectivity index (χ4v) is 3.84. The van der Waals surface area contributed by atoms with Gasteiger partial charge in [0.05, 0.1) is 28.7 Å². The minimum atomic E-state index is -0.568. The lowest BCUT2D eigenvalue weighted by atomic mass is 10.1. The highest BCUT2D eigenvalue weighted by molar-refractivity contribution is 8.26. The summed E-state index contributed by atoms with van der Waals surface area (Å²) in [6.07, 6.45) is 2.06. The number of aliphatic imine (C=N–C) groups is 1. The number of thioether (sulfide) groups is 1. The Morgan fingerprint density at radius 1 is 1.32 bits per heavy atom. The van der Waals surface area contributed by atoms with E-state index in [1.807, 2.05) is 6.92 Å². The number of carbonyl (C=O) groups is 1. The fraction of sp³-hybridized carbons (Fsp3) is 0.200. The molecule has 0 saturated heterocycles. The predicted octanol–water partition coefficient (Wildman–Crippen LogP) is 4.28. The summed E-state index contributed by atoms with van der Waals surface area (Å²) >= 11 is 1.26. The largest absolute Gasteiger partial charge is 0.494 e. The fourth-order valence-electron chi connectivity index (χ4n) is 3.02. The Morgan fingerprint density at radius 2 is 2.13 bits per heavy atom. The van der Waals surface area contributed by atoms with Gasteiger partial charge in [-0.2, -0.15) is 15.1 Å². The van der Waals surface area contributed by atoms with Gasteiger partial charge in [-0.15, -0.1) is 0 Å². The molecule has 4 rings (SSSR count). The zero-order valence-electron chi connectivity index (χ0n) is 16.6. The van der Waals surface area contributed by atoms with E-state index >= 15 is 0 Å². The van der Waals surface area contributed by atoms with E-state index in [1.165, 1.54) is 28.9 Å². The van der Waals surface area contributed by atoms with Crippen molar-refractivity contribution in [3.05, 3.63) is 51.8 Å². The molecule has 1 amide bonds. The normalized spacial score (nSPS) is 17.0. The van der Waals surface area contributed by atoms with Crippen LogP contribution in [0, 0.1) is 15.5 Å². The Morgan fingerprint density at radius 3 is 2.84 bits per heavy atom. The number of hydrogen-bond donors (Lipinski definition) is 1. The smallest absolute Gasteiger partial charge is 0.284 e. The summed E-state index contributed by atoms with van der Waals surface area (Å²) in [4.78, 5) is 27.4. The van der Waals surface area contributed by atoms with Crippen molar-refractivity contribution in [2.45, 2.75) is 20.3 Å². The number of hydrogen-bond acceptors (Lipinski definition) is 8. The molecule has 3 heterocycles. The van der Waals surface area contributed by atoms with E-state index in [0.29, 0.717) is 23.9 Å². The molecular formula is C20H17N5O5S. The number of rotatable bonds is 6. The van der Waals surface area contributed by atoms with E-state index in [4.69, 9.17) is 14.6 Å². The van der Waals surface area contributed by atoms with Crippen LogP contribution in [-0.2, 0) is 4.79 Å². The van der Waals surface area contributed by atoms with Gasteiger partial charge in [0.25, 0.3) is 11.6 Å². The number of hydrazone groups is 1. The molecular weight excluding hydrogens is 422 g/mol. The first-order valence-electron chi connectivity index (χ1n) is 9.41. The van der Waals surface area contributed by atoms with Gasteiger partial charge in [-0.3, -0.25) is 20.3 Å². The van der Waals surface area contributed by atoms with E-state index in [2.05, 4.69) is 10.1 Å². The first-order chi connectivity index (χ1) is 14.9. The van der Waals surface area contributed by atoms with Gasteiger partial charge >= 0.3 is 0 Å². The van der Waals surface area contributed by atoms with Crippen molar-refractivity contribution in [2.24, 2.45) is 10.1 Å². The lowest BCUT2D eigenvalue weighted by Gasteiger charge is -2.19. The molecule has 0 unspecified atom stereocenters. The van der Waals surface area contributed by atoms with Crippen molar-refractivity contribution in [3.8, 4) is 17.1 Å². The van der Waals surface area contributed by atoms with Crippen LogP contribution >= 0.6 is 11.8 Å². The number of nitro groups is 1. The maximum absolute atomic E-state index is 12.4. The molecule has 1 aromatic heterocycles. The SMILES string of the molecule is CCOc1ccc(-c2ccc(/C=C3\C(=N)N4N=C(CC)SC4=NC3=O)o2)c([N+](=O)[O-])c1. The Balaban J connectivity index is 1.67. The van der Waals surface area contributed by atoms with E-state index in [0.717, 1.165) is 5.04 Å². The molecule has 2 aliphatic heterocycles. The van der Waals surface area contributed by atoms with E-state index in [-0.39, 0.29) is 34.2 Å². The lowest BCUT2D eigenvalue weighted by Crippen LogP contribution is -2.35. The maximum atomic E-state index is 12.4. The van der Waals surface area contributed by atoms with Gasteiger partial charge in [0.2, 0.25) is 5.17 Å². The average molecular weight is 439 g/mol. The third-order valence-electron chi connectivity index (χ3n) is 4.45. The number of nitrogens with zero attached hydrogens (tertiary/aromatic N) is 4. The Hall–Kier alpha value is -3.73. The number of amidine groups is 2. The van der Waals surface area contributed by atoms with Gasteiger partial charge in [-0.25, -0.2) is 0 Å². The zero-order chi connectivity index (χ0) is 22.1. The van der Waals surface area contributed by atoms with Crippen molar-refractivity contribution < 1.29 is 18.9 Å². The van der Waals surface area contributed by atoms with Crippen LogP contribution in [0.3, 0.4) is 0 Å². The molecule has 1 N–H and O–H groups in total. The van der Waals surface area contributed by atoms with Crippen molar-refractivity contribution in [3.63, 3.8) is 0 Å². The summed E-state index contributed by atoms with van der Waals surface area (Å²) in [7, 11) is 0. The van der Waals surface area contributed by atoms with Crippen molar-refractivity contribution in [1.29, 1.82) is 5.41 Å². The van der Waals surface area contributed by atoms with Crippen molar-refractivity contribution in [1.82, 2.24) is 5.01 Å². The first kappa shape index (κ1) is 20.5. The lowest BCUT2D eigenvalue weighted by molar-refractivity contribution is -0.384. The predicted molar refractivity (Wildman–Crippen MR) is 117 cm³/mol. The van der Waals surface area contributed by atoms with Gasteiger partial charge in [0.15, 0.2) is 5.84 Å². The van der Waals surface area contributed by atoms with Crippen LogP contribution in [0.5, 0.6) is 5.75 Å². The van der Waals surface area contributed by atoms with Crippen LogP contribution < -0.4 is 4.74 Å². The van der Waals surface area contributed by atoms with E-state index in [9.17, 15) is 14.9 Å². The van der Waals surface area contributed by atoms with Gasteiger partial charge in [-0.1, -0.05) is 6.92 Å². The topological polar surface area (TPSA) is 134 Å². The molecule has 0 fully saturated rings. The molecule has 31 heavy (non-hydrogen) atoms. The van der Waals surface area contributed by atoms with E-state index in [1.54, 1.807) is 31.2 Å². The molecule has 11 heteroatoms. The molecule has 10 nitrogen and oxygen atoms in total. The Bertz CT molecular complexity index is 1200. The molecule has 0 saturated carbocycles. The van der Waals surface area contributed by atoms with Crippen LogP contribution in [0.25, 0.3) is 17.4 Å². The Labute approximate surface area is 180 Å². The average Bonchev–Trinajstić information content (AvgIpc) is 3.38. The minimum Gasteiger partial charge on any atom is -0.494 e. The first-order valence-corrected chi connectivity index (χ1v) is 10.2. The summed E-state index contributed by atoms with van der Waals surface area (Å²) in [6, 6.07) is 7.65. The van der Waals surface area contributed by atoms with Crippen molar-refractivity contribution in [2.75, 3.05) is 6.61 Å². The second kappa shape index (κ2) is 8.19. The highest BCUT2D eigenvalue weighted by Gasteiger charge is 2.35. The van der Waals surface area contributed by atoms with Crippen LogP contribution in [0.2, 0.25) is 0 Å². The molecule has 158 valence electrons. The summed E-state index contributed by atoms with van der Waals surface area (Å²) in [5.74, 6) is 0.231. The standard InChI is InChI=1S/C20H17N5O5S/c1-3-17-23-24-18(21)14(19(26)22-20(24)31-17)9-12-6-8-16(30-12)13-7-5-11(29-4-2)10-15(13)25(27)28/h5-10,21H,3-4H2,1-2H3/b14-9+,21-18?. The summed E-state index contributed by atoms with van der Waals surface area (Å²) in [6.45, 7) is 4.11. The van der Waals surface area contributed by atoms with Gasteiger partial charge in [0, 0.05) is 0 Å². The quantitative estimate of drug-likeness (QED) is 0.403. The monoisotopic (exact) mass is 439 g/mol. The van der Waals surface area contributed by atoms with Crippen molar-refractivity contribution >= 4 is 45.5 Å². The number of furan rings is 1. The minimum absolute atomic E-state index is 0.0209. The summed E-state index contributed by atoms with van der Waals surface area (Å²) < 4.78 is 11.1. The zero-order valence-corrected chi connectivity index (χ0v) is 17.4. The number of ether oxygens (including phenoxy) is 1. The number of nitrogens with one attached hydrogen (secondary N) is 1.